The van der Waals surface area contributed by atoms with Crippen molar-refractivity contribution in [1.29, 1.82) is 0 Å². The summed E-state index contributed by atoms with van der Waals surface area (Å²) in [7, 11) is 2.47. The summed E-state index contributed by atoms with van der Waals surface area (Å²) in [5, 5.41) is 0. The van der Waals surface area contributed by atoms with Gasteiger partial charge in [-0.25, -0.2) is 0 Å². The molecular formula is C23H42N+. The third-order valence-electron chi connectivity index (χ3n) is 5.41. The number of benzene rings is 1. The summed E-state index contributed by atoms with van der Waals surface area (Å²) in [6, 6.07) is 7.26. The predicted octanol–water partition coefficient (Wildman–Crippen LogP) is 7.05. The van der Waals surface area contributed by atoms with E-state index in [1.54, 1.807) is 5.69 Å². The Hall–Kier alpha value is -0.820. The Labute approximate surface area is 152 Å². The normalized spacial score (nSPS) is 13.9. The van der Waals surface area contributed by atoms with Crippen molar-refractivity contribution < 1.29 is 0 Å². The van der Waals surface area contributed by atoms with Gasteiger partial charge in [0.2, 0.25) is 0 Å². The number of rotatable bonds is 13. The SMILES string of the molecule is CCCCCCC[N+](C)(CCCCCC)c1cc(C)cc(CC)c1. The van der Waals surface area contributed by atoms with Gasteiger partial charge in [-0.1, -0.05) is 58.9 Å². The zero-order valence-corrected chi connectivity index (χ0v) is 17.2. The lowest BCUT2D eigenvalue weighted by Gasteiger charge is -2.35. The van der Waals surface area contributed by atoms with E-state index in [0.717, 1.165) is 10.9 Å². The summed E-state index contributed by atoms with van der Waals surface area (Å²) >= 11 is 0. The minimum absolute atomic E-state index is 1.13. The minimum Gasteiger partial charge on any atom is -0.294 e. The van der Waals surface area contributed by atoms with Crippen LogP contribution in [0.25, 0.3) is 0 Å². The van der Waals surface area contributed by atoms with Gasteiger partial charge in [0.05, 0.1) is 20.1 Å². The van der Waals surface area contributed by atoms with Gasteiger partial charge in [0, 0.05) is 12.1 Å². The molecule has 0 N–H and O–H groups in total. The summed E-state index contributed by atoms with van der Waals surface area (Å²) in [5.41, 5.74) is 4.46. The Bertz CT molecular complexity index is 451. The highest BCUT2D eigenvalue weighted by atomic mass is 15.3. The van der Waals surface area contributed by atoms with Crippen LogP contribution in [0, 0.1) is 6.92 Å². The molecule has 1 aromatic carbocycles. The summed E-state index contributed by atoms with van der Waals surface area (Å²) in [5.74, 6) is 0. The third-order valence-corrected chi connectivity index (χ3v) is 5.41. The molecule has 1 unspecified atom stereocenters. The van der Waals surface area contributed by atoms with Gasteiger partial charge in [0.25, 0.3) is 0 Å². The molecule has 0 bridgehead atoms. The molecule has 0 spiro atoms. The highest BCUT2D eigenvalue weighted by Crippen LogP contribution is 2.27. The van der Waals surface area contributed by atoms with E-state index in [1.807, 2.05) is 0 Å². The van der Waals surface area contributed by atoms with Gasteiger partial charge >= 0.3 is 0 Å². The summed E-state index contributed by atoms with van der Waals surface area (Å²) in [6.07, 6.45) is 13.5. The molecule has 0 saturated heterocycles. The second-order valence-corrected chi connectivity index (χ2v) is 7.85. The lowest BCUT2D eigenvalue weighted by atomic mass is 10.0. The average Bonchev–Trinajstić information content (AvgIpc) is 2.58. The molecule has 1 atom stereocenters. The van der Waals surface area contributed by atoms with Crippen LogP contribution in [0.1, 0.15) is 89.7 Å². The Balaban J connectivity index is 2.80. The molecule has 1 nitrogen and oxygen atoms in total. The molecule has 1 rings (SSSR count). The van der Waals surface area contributed by atoms with Crippen LogP contribution in [0.5, 0.6) is 0 Å². The van der Waals surface area contributed by atoms with Crippen molar-refractivity contribution in [1.82, 2.24) is 4.48 Å². The highest BCUT2D eigenvalue weighted by Gasteiger charge is 2.24. The summed E-state index contributed by atoms with van der Waals surface area (Å²) < 4.78 is 1.13. The van der Waals surface area contributed by atoms with Crippen molar-refractivity contribution in [2.75, 3.05) is 20.1 Å². The lowest BCUT2D eigenvalue weighted by molar-refractivity contribution is 0.310. The fourth-order valence-electron chi connectivity index (χ4n) is 3.68. The Kier molecular flexibility index (Phi) is 10.3. The molecular weight excluding hydrogens is 290 g/mol. The van der Waals surface area contributed by atoms with Crippen molar-refractivity contribution in [3.63, 3.8) is 0 Å². The van der Waals surface area contributed by atoms with Gasteiger partial charge in [0.1, 0.15) is 5.69 Å². The lowest BCUT2D eigenvalue weighted by Crippen LogP contribution is -2.46. The monoisotopic (exact) mass is 332 g/mol. The van der Waals surface area contributed by atoms with E-state index < -0.39 is 0 Å². The standard InChI is InChI=1S/C23H42N/c1-6-9-11-13-15-17-24(5,16-14-12-10-7-2)23-19-21(4)18-22(8-3)20-23/h18-20H,6-17H2,1-5H3/q+1. The van der Waals surface area contributed by atoms with E-state index in [1.165, 1.54) is 82.0 Å². The van der Waals surface area contributed by atoms with Crippen molar-refractivity contribution in [2.45, 2.75) is 91.9 Å². The first-order valence-electron chi connectivity index (χ1n) is 10.5. The van der Waals surface area contributed by atoms with Gasteiger partial charge in [-0.3, -0.25) is 4.48 Å². The Morgan fingerprint density at radius 2 is 1.25 bits per heavy atom. The van der Waals surface area contributed by atoms with Crippen LogP contribution in [0.15, 0.2) is 18.2 Å². The molecule has 1 heteroatoms. The number of hydrogen-bond acceptors (Lipinski definition) is 0. The van der Waals surface area contributed by atoms with Gasteiger partial charge in [0.15, 0.2) is 0 Å². The van der Waals surface area contributed by atoms with Crippen LogP contribution >= 0.6 is 0 Å². The molecule has 0 aliphatic carbocycles. The molecule has 0 radical (unpaired) electrons. The topological polar surface area (TPSA) is 0 Å². The quantitative estimate of drug-likeness (QED) is 0.268. The highest BCUT2D eigenvalue weighted by molar-refractivity contribution is 5.48. The average molecular weight is 333 g/mol. The molecule has 1 aromatic rings. The number of quaternary nitrogens is 1. The molecule has 24 heavy (non-hydrogen) atoms. The summed E-state index contributed by atoms with van der Waals surface area (Å²) in [6.45, 7) is 11.7. The molecule has 0 fully saturated rings. The first kappa shape index (κ1) is 21.2. The number of unbranched alkanes of at least 4 members (excludes halogenated alkanes) is 7. The number of hydrogen-bond donors (Lipinski definition) is 0. The van der Waals surface area contributed by atoms with Gasteiger partial charge in [-0.2, -0.15) is 0 Å². The van der Waals surface area contributed by atoms with E-state index in [-0.39, 0.29) is 0 Å². The largest absolute Gasteiger partial charge is 0.294 e. The van der Waals surface area contributed by atoms with Crippen LogP contribution < -0.4 is 4.48 Å². The second kappa shape index (κ2) is 11.7. The van der Waals surface area contributed by atoms with Crippen LogP contribution in [0.3, 0.4) is 0 Å². The van der Waals surface area contributed by atoms with E-state index in [4.69, 9.17) is 0 Å². The maximum atomic E-state index is 2.47. The molecule has 0 saturated carbocycles. The molecule has 0 aliphatic rings. The molecule has 0 heterocycles. The Morgan fingerprint density at radius 1 is 0.708 bits per heavy atom. The van der Waals surface area contributed by atoms with Crippen LogP contribution in [-0.4, -0.2) is 20.1 Å². The second-order valence-electron chi connectivity index (χ2n) is 7.85. The van der Waals surface area contributed by atoms with Crippen molar-refractivity contribution in [3.05, 3.63) is 29.3 Å². The minimum atomic E-state index is 1.13. The van der Waals surface area contributed by atoms with E-state index in [2.05, 4.69) is 52.9 Å². The molecule has 0 aromatic heterocycles. The third kappa shape index (κ3) is 7.38. The van der Waals surface area contributed by atoms with Gasteiger partial charge in [-0.15, -0.1) is 0 Å². The first-order valence-corrected chi connectivity index (χ1v) is 10.5. The fraction of sp³-hybridized carbons (Fsp3) is 0.739. The molecule has 0 amide bonds. The van der Waals surface area contributed by atoms with Crippen molar-refractivity contribution in [2.24, 2.45) is 0 Å². The van der Waals surface area contributed by atoms with Crippen molar-refractivity contribution in [3.8, 4) is 0 Å². The smallest absolute Gasteiger partial charge is 0.133 e. The molecule has 0 aliphatic heterocycles. The van der Waals surface area contributed by atoms with Crippen molar-refractivity contribution >= 4 is 5.69 Å². The zero-order valence-electron chi connectivity index (χ0n) is 17.2. The van der Waals surface area contributed by atoms with E-state index >= 15 is 0 Å². The molecule has 138 valence electrons. The number of aryl methyl sites for hydroxylation is 2. The van der Waals surface area contributed by atoms with Crippen LogP contribution in [0.2, 0.25) is 0 Å². The van der Waals surface area contributed by atoms with E-state index in [9.17, 15) is 0 Å². The maximum Gasteiger partial charge on any atom is 0.133 e. The van der Waals surface area contributed by atoms with Crippen LogP contribution in [0.4, 0.5) is 5.69 Å². The first-order chi connectivity index (χ1) is 11.6. The zero-order chi connectivity index (χ0) is 17.8. The Morgan fingerprint density at radius 3 is 1.79 bits per heavy atom. The van der Waals surface area contributed by atoms with Gasteiger partial charge in [-0.05, 0) is 50.2 Å². The van der Waals surface area contributed by atoms with Crippen LogP contribution in [-0.2, 0) is 6.42 Å². The predicted molar refractivity (Wildman–Crippen MR) is 111 cm³/mol. The van der Waals surface area contributed by atoms with Gasteiger partial charge < -0.3 is 0 Å². The maximum absolute atomic E-state index is 2.47. The fourth-order valence-corrected chi connectivity index (χ4v) is 3.68. The summed E-state index contributed by atoms with van der Waals surface area (Å²) in [4.78, 5) is 0. The van der Waals surface area contributed by atoms with E-state index in [0.29, 0.717) is 0 Å². The number of nitrogens with zero attached hydrogens (tertiary/aromatic N) is 1.